The molecule has 0 bridgehead atoms. The molecule has 0 saturated heterocycles. The second-order valence-electron chi connectivity index (χ2n) is 4.49. The molecule has 16 heavy (non-hydrogen) atoms. The van der Waals surface area contributed by atoms with Crippen LogP contribution in [-0.4, -0.2) is 19.6 Å². The van der Waals surface area contributed by atoms with Gasteiger partial charge in [0.1, 0.15) is 0 Å². The molecule has 1 aromatic heterocycles. The minimum absolute atomic E-state index is 0.182. The molecule has 0 unspecified atom stereocenters. The highest BCUT2D eigenvalue weighted by molar-refractivity contribution is 7.10. The van der Waals surface area contributed by atoms with E-state index in [0.29, 0.717) is 6.54 Å². The van der Waals surface area contributed by atoms with Gasteiger partial charge in [0.15, 0.2) is 0 Å². The molecule has 4 heteroatoms. The number of carbonyl (C=O) groups is 1. The minimum atomic E-state index is -0.486. The van der Waals surface area contributed by atoms with Crippen LogP contribution in [-0.2, 0) is 9.53 Å². The monoisotopic (exact) mass is 241 g/mol. The number of ether oxygens (including phenoxy) is 1. The van der Waals surface area contributed by atoms with Crippen molar-refractivity contribution >= 4 is 17.3 Å². The zero-order valence-electron chi connectivity index (χ0n) is 10.2. The zero-order chi connectivity index (χ0) is 12.2. The van der Waals surface area contributed by atoms with Crippen molar-refractivity contribution in [3.63, 3.8) is 0 Å². The third-order valence-corrected chi connectivity index (χ3v) is 3.61. The summed E-state index contributed by atoms with van der Waals surface area (Å²) in [4.78, 5) is 12.8. The minimum Gasteiger partial charge on any atom is -0.469 e. The molecular weight excluding hydrogens is 222 g/mol. The molecule has 1 N–H and O–H groups in total. The Labute approximate surface area is 101 Å². The lowest BCUT2D eigenvalue weighted by molar-refractivity contribution is -0.150. The molecule has 1 rings (SSSR count). The number of rotatable bonds is 5. The summed E-state index contributed by atoms with van der Waals surface area (Å²) in [5.74, 6) is -0.182. The van der Waals surface area contributed by atoms with Crippen LogP contribution in [0.1, 0.15) is 31.7 Å². The number of nitrogens with one attached hydrogen (secondary N) is 1. The standard InChI is InChI=1S/C12H19NO2S/c1-9(10-6-5-7-16-10)13-8-12(2,3)11(14)15-4/h5-7,9,13H,8H2,1-4H3/t9-/m1/s1. The average Bonchev–Trinajstić information content (AvgIpc) is 2.78. The Morgan fingerprint density at radius 2 is 2.31 bits per heavy atom. The van der Waals surface area contributed by atoms with E-state index in [-0.39, 0.29) is 12.0 Å². The summed E-state index contributed by atoms with van der Waals surface area (Å²) in [6.45, 7) is 6.47. The summed E-state index contributed by atoms with van der Waals surface area (Å²) in [5, 5.41) is 5.40. The number of carbonyl (C=O) groups excluding carboxylic acids is 1. The highest BCUT2D eigenvalue weighted by atomic mass is 32.1. The normalized spacial score (nSPS) is 13.5. The van der Waals surface area contributed by atoms with E-state index >= 15 is 0 Å². The summed E-state index contributed by atoms with van der Waals surface area (Å²) >= 11 is 1.72. The molecule has 1 aromatic rings. The zero-order valence-corrected chi connectivity index (χ0v) is 11.1. The molecule has 0 fully saturated rings. The van der Waals surface area contributed by atoms with Crippen LogP contribution >= 0.6 is 11.3 Å². The van der Waals surface area contributed by atoms with E-state index in [1.165, 1.54) is 12.0 Å². The second kappa shape index (κ2) is 5.46. The lowest BCUT2D eigenvalue weighted by Crippen LogP contribution is -2.37. The molecule has 1 heterocycles. The first-order valence-corrected chi connectivity index (χ1v) is 6.20. The number of hydrogen-bond acceptors (Lipinski definition) is 4. The number of esters is 1. The van der Waals surface area contributed by atoms with Crippen LogP contribution in [0, 0.1) is 5.41 Å². The van der Waals surface area contributed by atoms with Crippen LogP contribution in [0.4, 0.5) is 0 Å². The molecule has 3 nitrogen and oxygen atoms in total. The van der Waals surface area contributed by atoms with Crippen molar-refractivity contribution in [1.29, 1.82) is 0 Å². The van der Waals surface area contributed by atoms with Gasteiger partial charge < -0.3 is 10.1 Å². The fraction of sp³-hybridized carbons (Fsp3) is 0.583. The Morgan fingerprint density at radius 3 is 2.81 bits per heavy atom. The summed E-state index contributed by atoms with van der Waals surface area (Å²) in [5.41, 5.74) is -0.486. The van der Waals surface area contributed by atoms with Gasteiger partial charge in [0, 0.05) is 17.5 Å². The van der Waals surface area contributed by atoms with Gasteiger partial charge in [0.25, 0.3) is 0 Å². The van der Waals surface area contributed by atoms with Gasteiger partial charge in [0.2, 0.25) is 0 Å². The summed E-state index contributed by atoms with van der Waals surface area (Å²) in [6, 6.07) is 4.39. The van der Waals surface area contributed by atoms with Crippen molar-refractivity contribution < 1.29 is 9.53 Å². The molecule has 0 saturated carbocycles. The number of thiophene rings is 1. The van der Waals surface area contributed by atoms with Crippen molar-refractivity contribution in [2.24, 2.45) is 5.41 Å². The van der Waals surface area contributed by atoms with Crippen molar-refractivity contribution in [2.75, 3.05) is 13.7 Å². The quantitative estimate of drug-likeness (QED) is 0.805. The lowest BCUT2D eigenvalue weighted by Gasteiger charge is -2.24. The van der Waals surface area contributed by atoms with Crippen LogP contribution in [0.15, 0.2) is 17.5 Å². The third-order valence-electron chi connectivity index (χ3n) is 2.56. The van der Waals surface area contributed by atoms with E-state index in [0.717, 1.165) is 0 Å². The van der Waals surface area contributed by atoms with Gasteiger partial charge in [-0.2, -0.15) is 0 Å². The molecule has 0 aliphatic rings. The second-order valence-corrected chi connectivity index (χ2v) is 5.47. The average molecular weight is 241 g/mol. The van der Waals surface area contributed by atoms with Crippen LogP contribution < -0.4 is 5.32 Å². The first-order chi connectivity index (χ1) is 7.47. The molecule has 0 amide bonds. The van der Waals surface area contributed by atoms with E-state index in [2.05, 4.69) is 23.7 Å². The summed E-state index contributed by atoms with van der Waals surface area (Å²) in [6.07, 6.45) is 0. The molecule has 0 radical (unpaired) electrons. The van der Waals surface area contributed by atoms with E-state index in [1.54, 1.807) is 11.3 Å². The van der Waals surface area contributed by atoms with Crippen LogP contribution in [0.3, 0.4) is 0 Å². The Bertz CT molecular complexity index is 333. The molecule has 0 aliphatic carbocycles. The first-order valence-electron chi connectivity index (χ1n) is 5.32. The van der Waals surface area contributed by atoms with Crippen molar-refractivity contribution in [1.82, 2.24) is 5.32 Å². The van der Waals surface area contributed by atoms with Gasteiger partial charge in [0.05, 0.1) is 12.5 Å². The highest BCUT2D eigenvalue weighted by Crippen LogP contribution is 2.21. The maximum absolute atomic E-state index is 11.5. The smallest absolute Gasteiger partial charge is 0.312 e. The maximum Gasteiger partial charge on any atom is 0.312 e. The molecule has 0 spiro atoms. The van der Waals surface area contributed by atoms with Crippen molar-refractivity contribution in [3.8, 4) is 0 Å². The fourth-order valence-electron chi connectivity index (χ4n) is 1.39. The predicted molar refractivity (Wildman–Crippen MR) is 66.5 cm³/mol. The van der Waals surface area contributed by atoms with Gasteiger partial charge in [-0.05, 0) is 32.2 Å². The Kier molecular flexibility index (Phi) is 4.50. The Hall–Kier alpha value is -0.870. The van der Waals surface area contributed by atoms with Crippen molar-refractivity contribution in [3.05, 3.63) is 22.4 Å². The largest absolute Gasteiger partial charge is 0.469 e. The van der Waals surface area contributed by atoms with Gasteiger partial charge in [-0.25, -0.2) is 0 Å². The SMILES string of the molecule is COC(=O)C(C)(C)CN[C@H](C)c1cccs1. The van der Waals surface area contributed by atoms with E-state index in [4.69, 9.17) is 4.74 Å². The fourth-order valence-corrected chi connectivity index (χ4v) is 2.15. The molecule has 90 valence electrons. The van der Waals surface area contributed by atoms with E-state index < -0.39 is 5.41 Å². The number of methoxy groups -OCH3 is 1. The molecule has 0 aliphatic heterocycles. The highest BCUT2D eigenvalue weighted by Gasteiger charge is 2.28. The predicted octanol–water partition coefficient (Wildman–Crippen LogP) is 2.60. The summed E-state index contributed by atoms with van der Waals surface area (Å²) in [7, 11) is 1.42. The molecular formula is C12H19NO2S. The van der Waals surface area contributed by atoms with E-state index in [1.807, 2.05) is 19.9 Å². The lowest BCUT2D eigenvalue weighted by atomic mass is 9.93. The first kappa shape index (κ1) is 13.2. The van der Waals surface area contributed by atoms with Gasteiger partial charge in [-0.1, -0.05) is 6.07 Å². The molecule has 0 aromatic carbocycles. The Morgan fingerprint density at radius 1 is 1.62 bits per heavy atom. The summed E-state index contributed by atoms with van der Waals surface area (Å²) < 4.78 is 4.76. The third kappa shape index (κ3) is 3.32. The van der Waals surface area contributed by atoms with E-state index in [9.17, 15) is 4.79 Å². The van der Waals surface area contributed by atoms with Gasteiger partial charge in [-0.15, -0.1) is 11.3 Å². The van der Waals surface area contributed by atoms with Gasteiger partial charge in [-0.3, -0.25) is 4.79 Å². The van der Waals surface area contributed by atoms with Crippen LogP contribution in [0.2, 0.25) is 0 Å². The maximum atomic E-state index is 11.5. The van der Waals surface area contributed by atoms with Gasteiger partial charge >= 0.3 is 5.97 Å². The van der Waals surface area contributed by atoms with Crippen molar-refractivity contribution in [2.45, 2.75) is 26.8 Å². The van der Waals surface area contributed by atoms with Crippen LogP contribution in [0.5, 0.6) is 0 Å². The Balaban J connectivity index is 2.48. The topological polar surface area (TPSA) is 38.3 Å². The molecule has 1 atom stereocenters. The number of hydrogen-bond donors (Lipinski definition) is 1. The van der Waals surface area contributed by atoms with Crippen LogP contribution in [0.25, 0.3) is 0 Å².